The lowest BCUT2D eigenvalue weighted by molar-refractivity contribution is -0.123. The van der Waals surface area contributed by atoms with E-state index in [0.29, 0.717) is 6.42 Å². The highest BCUT2D eigenvalue weighted by Crippen LogP contribution is 2.09. The summed E-state index contributed by atoms with van der Waals surface area (Å²) in [6.45, 7) is 4.19. The molecule has 40 heavy (non-hydrogen) atoms. The van der Waals surface area contributed by atoms with Crippen molar-refractivity contribution >= 4 is 5.91 Å². The van der Waals surface area contributed by atoms with Gasteiger partial charge in [-0.15, -0.1) is 0 Å². The van der Waals surface area contributed by atoms with Gasteiger partial charge in [0.05, 0.1) is 18.8 Å². The van der Waals surface area contributed by atoms with Gasteiger partial charge in [0.15, 0.2) is 0 Å². The number of carbonyl (C=O) groups is 1. The van der Waals surface area contributed by atoms with E-state index in [2.05, 4.69) is 67.8 Å². The Morgan fingerprint density at radius 1 is 0.600 bits per heavy atom. The monoisotopic (exact) mass is 557 g/mol. The van der Waals surface area contributed by atoms with E-state index in [1.807, 2.05) is 6.08 Å². The van der Waals surface area contributed by atoms with Gasteiger partial charge >= 0.3 is 0 Å². The third-order valence-corrected chi connectivity index (χ3v) is 6.95. The maximum atomic E-state index is 12.3. The largest absolute Gasteiger partial charge is 0.394 e. The lowest BCUT2D eigenvalue weighted by Gasteiger charge is -2.19. The first-order chi connectivity index (χ1) is 19.7. The molecule has 0 spiro atoms. The molecule has 4 heteroatoms. The van der Waals surface area contributed by atoms with Crippen molar-refractivity contribution in [1.29, 1.82) is 0 Å². The summed E-state index contributed by atoms with van der Waals surface area (Å²) in [5, 5.41) is 22.7. The maximum absolute atomic E-state index is 12.3. The highest BCUT2D eigenvalue weighted by atomic mass is 16.3. The number of amides is 1. The van der Waals surface area contributed by atoms with Crippen LogP contribution in [0.3, 0.4) is 0 Å². The molecule has 2 unspecified atom stereocenters. The van der Waals surface area contributed by atoms with Crippen LogP contribution < -0.4 is 5.32 Å². The topological polar surface area (TPSA) is 69.6 Å². The molecular formula is C36H63NO3. The van der Waals surface area contributed by atoms with E-state index in [4.69, 9.17) is 0 Å². The minimum Gasteiger partial charge on any atom is -0.394 e. The second-order valence-electron chi connectivity index (χ2n) is 10.8. The van der Waals surface area contributed by atoms with Crippen LogP contribution in [0.2, 0.25) is 0 Å². The molecule has 0 rings (SSSR count). The quantitative estimate of drug-likeness (QED) is 0.0663. The Morgan fingerprint density at radius 2 is 1.07 bits per heavy atom. The van der Waals surface area contributed by atoms with Crippen molar-refractivity contribution in [2.75, 3.05) is 6.61 Å². The molecule has 0 aromatic carbocycles. The Kier molecular flexibility index (Phi) is 30.1. The number of nitrogens with one attached hydrogen (secondary N) is 1. The molecule has 1 amide bonds. The molecule has 0 aromatic heterocycles. The third kappa shape index (κ3) is 27.6. The predicted octanol–water partition coefficient (Wildman–Crippen LogP) is 9.45. The number of rotatable bonds is 28. The van der Waals surface area contributed by atoms with Gasteiger partial charge in [-0.2, -0.15) is 0 Å². The zero-order chi connectivity index (χ0) is 29.4. The lowest BCUT2D eigenvalue weighted by atomic mass is 10.1. The van der Waals surface area contributed by atoms with Gasteiger partial charge in [0.25, 0.3) is 0 Å². The molecule has 0 aliphatic rings. The van der Waals surface area contributed by atoms with Gasteiger partial charge < -0.3 is 15.5 Å². The van der Waals surface area contributed by atoms with Crippen LogP contribution in [0, 0.1) is 0 Å². The second kappa shape index (κ2) is 31.6. The molecule has 3 N–H and O–H groups in total. The zero-order valence-electron chi connectivity index (χ0n) is 26.1. The van der Waals surface area contributed by atoms with Gasteiger partial charge in [-0.25, -0.2) is 0 Å². The number of aliphatic hydroxyl groups excluding tert-OH is 2. The molecule has 0 bridgehead atoms. The van der Waals surface area contributed by atoms with Gasteiger partial charge in [-0.1, -0.05) is 126 Å². The summed E-state index contributed by atoms with van der Waals surface area (Å²) in [6, 6.07) is -0.651. The summed E-state index contributed by atoms with van der Waals surface area (Å²) in [7, 11) is 0. The molecule has 230 valence electrons. The molecule has 4 nitrogen and oxygen atoms in total. The van der Waals surface area contributed by atoms with Crippen molar-refractivity contribution < 1.29 is 15.0 Å². The summed E-state index contributed by atoms with van der Waals surface area (Å²) in [5.74, 6) is -0.0977. The van der Waals surface area contributed by atoms with E-state index in [1.165, 1.54) is 64.2 Å². The standard InChI is InChI=1S/C36H63NO3/c1-3-5-7-9-11-13-15-17-18-19-20-22-24-26-28-30-32-36(40)37-34(33-38)35(39)31-29-27-25-23-21-16-14-12-10-8-6-4-2/h10,12-13,15,18-19,21,23,29,31,34-35,38-39H,3-9,11,14,16-17,20,22,24-28,30,32-33H2,1-2H3,(H,37,40)/b12-10+,15-13-,19-18-,23-21+,31-29+. The normalized spacial score (nSPS) is 14.0. The number of unbranched alkanes of at least 4 members (excludes halogenated alkanes) is 13. The van der Waals surface area contributed by atoms with Crippen LogP contribution in [0.4, 0.5) is 0 Å². The van der Waals surface area contributed by atoms with Crippen molar-refractivity contribution in [1.82, 2.24) is 5.32 Å². The van der Waals surface area contributed by atoms with Crippen LogP contribution in [-0.4, -0.2) is 34.9 Å². The van der Waals surface area contributed by atoms with Gasteiger partial charge in [0.2, 0.25) is 5.91 Å². The van der Waals surface area contributed by atoms with E-state index >= 15 is 0 Å². The number of aliphatic hydroxyl groups is 2. The summed E-state index contributed by atoms with van der Waals surface area (Å²) >= 11 is 0. The number of hydrogen-bond donors (Lipinski definition) is 3. The van der Waals surface area contributed by atoms with Gasteiger partial charge in [0.1, 0.15) is 0 Å². The molecule has 0 aliphatic carbocycles. The average Bonchev–Trinajstić information content (AvgIpc) is 2.96. The number of allylic oxidation sites excluding steroid dienone is 9. The Balaban J connectivity index is 3.78. The van der Waals surface area contributed by atoms with Crippen LogP contribution >= 0.6 is 0 Å². The maximum Gasteiger partial charge on any atom is 0.220 e. The molecule has 0 fully saturated rings. The van der Waals surface area contributed by atoms with Crippen molar-refractivity contribution in [3.05, 3.63) is 60.8 Å². The van der Waals surface area contributed by atoms with Crippen molar-refractivity contribution in [2.24, 2.45) is 0 Å². The van der Waals surface area contributed by atoms with E-state index in [9.17, 15) is 15.0 Å². The molecule has 0 aliphatic heterocycles. The van der Waals surface area contributed by atoms with Crippen LogP contribution in [0.5, 0.6) is 0 Å². The molecule has 0 radical (unpaired) electrons. The van der Waals surface area contributed by atoms with Crippen LogP contribution in [-0.2, 0) is 4.79 Å². The zero-order valence-corrected chi connectivity index (χ0v) is 26.1. The van der Waals surface area contributed by atoms with Crippen LogP contribution in [0.25, 0.3) is 0 Å². The molecule has 0 saturated heterocycles. The summed E-state index contributed by atoms with van der Waals surface area (Å²) in [5.41, 5.74) is 0. The van der Waals surface area contributed by atoms with E-state index in [-0.39, 0.29) is 12.5 Å². The molecule has 0 heterocycles. The van der Waals surface area contributed by atoms with E-state index < -0.39 is 12.1 Å². The van der Waals surface area contributed by atoms with Crippen molar-refractivity contribution in [3.8, 4) is 0 Å². The SMILES string of the molecule is CCCC/C=C/CC/C=C/CC/C=C/C(O)C(CO)NC(=O)CCCCCCC/C=C\C/C=C\CCCCCC. The summed E-state index contributed by atoms with van der Waals surface area (Å²) in [6.07, 6.45) is 42.9. The first kappa shape index (κ1) is 38.1. The van der Waals surface area contributed by atoms with Gasteiger partial charge in [-0.3, -0.25) is 4.79 Å². The van der Waals surface area contributed by atoms with Crippen LogP contribution in [0.1, 0.15) is 142 Å². The first-order valence-electron chi connectivity index (χ1n) is 16.5. The summed E-state index contributed by atoms with van der Waals surface area (Å²) in [4.78, 5) is 12.3. The highest BCUT2D eigenvalue weighted by Gasteiger charge is 2.17. The van der Waals surface area contributed by atoms with E-state index in [1.54, 1.807) is 6.08 Å². The highest BCUT2D eigenvalue weighted by molar-refractivity contribution is 5.76. The van der Waals surface area contributed by atoms with Crippen molar-refractivity contribution in [2.45, 2.75) is 154 Å². The minimum atomic E-state index is -0.875. The van der Waals surface area contributed by atoms with Gasteiger partial charge in [0, 0.05) is 6.42 Å². The third-order valence-electron chi connectivity index (χ3n) is 6.95. The lowest BCUT2D eigenvalue weighted by Crippen LogP contribution is -2.45. The van der Waals surface area contributed by atoms with Gasteiger partial charge in [-0.05, 0) is 70.6 Å². The Bertz CT molecular complexity index is 692. The Labute approximate surface area is 247 Å². The number of hydrogen-bond acceptors (Lipinski definition) is 3. The first-order valence-corrected chi connectivity index (χ1v) is 16.5. The average molecular weight is 558 g/mol. The Hall–Kier alpha value is -1.91. The molecule has 2 atom stereocenters. The fraction of sp³-hybridized carbons (Fsp3) is 0.694. The predicted molar refractivity (Wildman–Crippen MR) is 174 cm³/mol. The van der Waals surface area contributed by atoms with E-state index in [0.717, 1.165) is 57.8 Å². The number of carbonyl (C=O) groups excluding carboxylic acids is 1. The molecular weight excluding hydrogens is 494 g/mol. The second-order valence-corrected chi connectivity index (χ2v) is 10.8. The van der Waals surface area contributed by atoms with Crippen LogP contribution in [0.15, 0.2) is 60.8 Å². The Morgan fingerprint density at radius 3 is 1.68 bits per heavy atom. The molecule has 0 saturated carbocycles. The minimum absolute atomic E-state index is 0.0977. The fourth-order valence-corrected chi connectivity index (χ4v) is 4.34. The molecule has 0 aromatic rings. The fourth-order valence-electron chi connectivity index (χ4n) is 4.34. The van der Waals surface area contributed by atoms with Crippen molar-refractivity contribution in [3.63, 3.8) is 0 Å². The summed E-state index contributed by atoms with van der Waals surface area (Å²) < 4.78 is 0. The smallest absolute Gasteiger partial charge is 0.220 e.